The van der Waals surface area contributed by atoms with E-state index in [1.165, 1.54) is 12.8 Å². The topological polar surface area (TPSA) is 34.3 Å². The third-order valence-electron chi connectivity index (χ3n) is 2.96. The van der Waals surface area contributed by atoms with E-state index in [0.29, 0.717) is 18.3 Å². The Bertz CT molecular complexity index is 200. The van der Waals surface area contributed by atoms with Gasteiger partial charge in [0.15, 0.2) is 0 Å². The summed E-state index contributed by atoms with van der Waals surface area (Å²) in [5, 5.41) is 0. The van der Waals surface area contributed by atoms with E-state index >= 15 is 0 Å². The first-order chi connectivity index (χ1) is 5.77. The molecule has 3 heteroatoms. The molecule has 3 nitrogen and oxygen atoms in total. The molecular formula is C9H14O3. The third kappa shape index (κ3) is 1.16. The molecule has 3 fully saturated rings. The van der Waals surface area contributed by atoms with E-state index in [-0.39, 0.29) is 5.60 Å². The quantitative estimate of drug-likeness (QED) is 0.585. The van der Waals surface area contributed by atoms with Crippen LogP contribution in [0.25, 0.3) is 0 Å². The van der Waals surface area contributed by atoms with Crippen molar-refractivity contribution in [3.05, 3.63) is 0 Å². The molecule has 2 saturated heterocycles. The maximum atomic E-state index is 5.73. The van der Waals surface area contributed by atoms with Gasteiger partial charge in [-0.25, -0.2) is 0 Å². The lowest BCUT2D eigenvalue weighted by atomic mass is 10.2. The normalized spacial score (nSPS) is 55.2. The molecule has 12 heavy (non-hydrogen) atoms. The van der Waals surface area contributed by atoms with E-state index < -0.39 is 0 Å². The first-order valence-electron chi connectivity index (χ1n) is 4.68. The minimum atomic E-state index is 0.0347. The Labute approximate surface area is 72.0 Å². The highest BCUT2D eigenvalue weighted by Crippen LogP contribution is 2.41. The smallest absolute Gasteiger partial charge is 0.112 e. The highest BCUT2D eigenvalue weighted by Gasteiger charge is 2.52. The summed E-state index contributed by atoms with van der Waals surface area (Å²) in [6, 6.07) is 0. The zero-order valence-corrected chi connectivity index (χ0v) is 7.29. The fraction of sp³-hybridized carbons (Fsp3) is 1.00. The average Bonchev–Trinajstić information content (AvgIpc) is 2.94. The zero-order chi connectivity index (χ0) is 8.18. The first-order valence-corrected chi connectivity index (χ1v) is 4.68. The maximum Gasteiger partial charge on any atom is 0.112 e. The predicted molar refractivity (Wildman–Crippen MR) is 42.0 cm³/mol. The number of rotatable bonds is 3. The van der Waals surface area contributed by atoms with Gasteiger partial charge in [0.05, 0.1) is 25.4 Å². The van der Waals surface area contributed by atoms with Crippen LogP contribution in [0.5, 0.6) is 0 Å². The summed E-state index contributed by atoms with van der Waals surface area (Å²) < 4.78 is 16.4. The second-order valence-corrected chi connectivity index (χ2v) is 4.30. The fourth-order valence-electron chi connectivity index (χ4n) is 1.88. The molecule has 0 N–H and O–H groups in total. The Balaban J connectivity index is 1.49. The van der Waals surface area contributed by atoms with Crippen molar-refractivity contribution in [2.24, 2.45) is 0 Å². The number of hydrogen-bond acceptors (Lipinski definition) is 3. The summed E-state index contributed by atoms with van der Waals surface area (Å²) >= 11 is 0. The van der Waals surface area contributed by atoms with Crippen molar-refractivity contribution in [2.45, 2.75) is 43.7 Å². The molecule has 4 atom stereocenters. The average molecular weight is 170 g/mol. The molecule has 0 bridgehead atoms. The van der Waals surface area contributed by atoms with Crippen LogP contribution in [0, 0.1) is 0 Å². The molecule has 0 aromatic rings. The number of ether oxygens (including phenoxy) is 3. The van der Waals surface area contributed by atoms with Crippen LogP contribution in [0.1, 0.15) is 19.8 Å². The molecule has 0 radical (unpaired) electrons. The largest absolute Gasteiger partial charge is 0.372 e. The van der Waals surface area contributed by atoms with E-state index in [9.17, 15) is 0 Å². The van der Waals surface area contributed by atoms with Crippen LogP contribution in [-0.2, 0) is 14.2 Å². The summed E-state index contributed by atoms with van der Waals surface area (Å²) in [5.74, 6) is 0. The van der Waals surface area contributed by atoms with Crippen LogP contribution in [0.2, 0.25) is 0 Å². The van der Waals surface area contributed by atoms with Gasteiger partial charge in [0.1, 0.15) is 11.7 Å². The van der Waals surface area contributed by atoms with Crippen LogP contribution in [0.4, 0.5) is 0 Å². The molecule has 0 aromatic carbocycles. The Morgan fingerprint density at radius 2 is 2.33 bits per heavy atom. The molecule has 4 unspecified atom stereocenters. The van der Waals surface area contributed by atoms with E-state index in [1.807, 2.05) is 0 Å². The SMILES string of the molecule is CC1(COC2CCC3OC23)CO1. The molecule has 3 aliphatic rings. The van der Waals surface area contributed by atoms with Crippen molar-refractivity contribution < 1.29 is 14.2 Å². The number of fused-ring (bicyclic) bond motifs is 1. The molecule has 1 saturated carbocycles. The van der Waals surface area contributed by atoms with Crippen LogP contribution >= 0.6 is 0 Å². The highest BCUT2D eigenvalue weighted by atomic mass is 16.6. The van der Waals surface area contributed by atoms with Crippen molar-refractivity contribution in [1.29, 1.82) is 0 Å². The molecule has 1 aliphatic carbocycles. The van der Waals surface area contributed by atoms with Gasteiger partial charge in [0, 0.05) is 0 Å². The van der Waals surface area contributed by atoms with E-state index in [0.717, 1.165) is 13.2 Å². The molecule has 3 rings (SSSR count). The lowest BCUT2D eigenvalue weighted by Crippen LogP contribution is -2.23. The van der Waals surface area contributed by atoms with Crippen molar-refractivity contribution in [2.75, 3.05) is 13.2 Å². The predicted octanol–water partition coefficient (Wildman–Crippen LogP) is 0.722. The lowest BCUT2D eigenvalue weighted by molar-refractivity contribution is 0.00191. The van der Waals surface area contributed by atoms with Crippen LogP contribution in [0.15, 0.2) is 0 Å². The first kappa shape index (κ1) is 7.30. The fourth-order valence-corrected chi connectivity index (χ4v) is 1.88. The summed E-state index contributed by atoms with van der Waals surface area (Å²) in [4.78, 5) is 0. The van der Waals surface area contributed by atoms with Gasteiger partial charge < -0.3 is 14.2 Å². The van der Waals surface area contributed by atoms with Gasteiger partial charge in [-0.1, -0.05) is 0 Å². The lowest BCUT2D eigenvalue weighted by Gasteiger charge is -2.13. The monoisotopic (exact) mass is 170 g/mol. The second-order valence-electron chi connectivity index (χ2n) is 4.30. The van der Waals surface area contributed by atoms with E-state index in [1.54, 1.807) is 0 Å². The van der Waals surface area contributed by atoms with Crippen LogP contribution in [-0.4, -0.2) is 37.1 Å². The Morgan fingerprint density at radius 3 is 2.83 bits per heavy atom. The van der Waals surface area contributed by atoms with Crippen LogP contribution in [0.3, 0.4) is 0 Å². The van der Waals surface area contributed by atoms with Crippen molar-refractivity contribution in [3.8, 4) is 0 Å². The summed E-state index contributed by atoms with van der Waals surface area (Å²) in [5.41, 5.74) is 0.0347. The summed E-state index contributed by atoms with van der Waals surface area (Å²) in [6.07, 6.45) is 3.67. The number of epoxide rings is 2. The Morgan fingerprint density at radius 1 is 1.50 bits per heavy atom. The maximum absolute atomic E-state index is 5.73. The van der Waals surface area contributed by atoms with Gasteiger partial charge in [-0.05, 0) is 19.8 Å². The molecule has 2 aliphatic heterocycles. The van der Waals surface area contributed by atoms with Gasteiger partial charge in [-0.3, -0.25) is 0 Å². The van der Waals surface area contributed by atoms with E-state index in [2.05, 4.69) is 6.92 Å². The van der Waals surface area contributed by atoms with Gasteiger partial charge in [-0.15, -0.1) is 0 Å². The molecule has 68 valence electrons. The van der Waals surface area contributed by atoms with Gasteiger partial charge in [0.2, 0.25) is 0 Å². The van der Waals surface area contributed by atoms with Crippen molar-refractivity contribution in [1.82, 2.24) is 0 Å². The number of hydrogen-bond donors (Lipinski definition) is 0. The standard InChI is InChI=1S/C9H14O3/c1-9(5-11-9)4-10-6-2-3-7-8(6)12-7/h6-8H,2-5H2,1H3. The zero-order valence-electron chi connectivity index (χ0n) is 7.29. The Kier molecular flexibility index (Phi) is 1.35. The molecule has 2 heterocycles. The van der Waals surface area contributed by atoms with E-state index in [4.69, 9.17) is 14.2 Å². The second kappa shape index (κ2) is 2.22. The molecule has 0 spiro atoms. The Hall–Kier alpha value is -0.120. The van der Waals surface area contributed by atoms with Crippen LogP contribution < -0.4 is 0 Å². The minimum absolute atomic E-state index is 0.0347. The van der Waals surface area contributed by atoms with Gasteiger partial charge in [-0.2, -0.15) is 0 Å². The van der Waals surface area contributed by atoms with Gasteiger partial charge in [0.25, 0.3) is 0 Å². The molecule has 0 amide bonds. The summed E-state index contributed by atoms with van der Waals surface area (Å²) in [7, 11) is 0. The molecular weight excluding hydrogens is 156 g/mol. The molecule has 0 aromatic heterocycles. The third-order valence-corrected chi connectivity index (χ3v) is 2.96. The van der Waals surface area contributed by atoms with Gasteiger partial charge >= 0.3 is 0 Å². The van der Waals surface area contributed by atoms with Crippen molar-refractivity contribution >= 4 is 0 Å². The highest BCUT2D eigenvalue weighted by molar-refractivity contribution is 4.99. The van der Waals surface area contributed by atoms with Crippen molar-refractivity contribution in [3.63, 3.8) is 0 Å². The minimum Gasteiger partial charge on any atom is -0.372 e. The summed E-state index contributed by atoms with van der Waals surface area (Å²) in [6.45, 7) is 3.69.